The molecule has 1 aliphatic rings. The van der Waals surface area contributed by atoms with Gasteiger partial charge in [-0.15, -0.1) is 22.7 Å². The van der Waals surface area contributed by atoms with Crippen molar-refractivity contribution in [2.75, 3.05) is 0 Å². The highest BCUT2D eigenvalue weighted by atomic mass is 32.1. The van der Waals surface area contributed by atoms with Gasteiger partial charge in [0.15, 0.2) is 0 Å². The zero-order chi connectivity index (χ0) is 30.6. The van der Waals surface area contributed by atoms with Crippen LogP contribution in [0, 0.1) is 20.8 Å². The number of thiazole rings is 2. The molecule has 0 aliphatic heterocycles. The van der Waals surface area contributed by atoms with E-state index in [1.165, 1.54) is 20.8 Å². The summed E-state index contributed by atoms with van der Waals surface area (Å²) in [6.07, 6.45) is 1.65. The summed E-state index contributed by atoms with van der Waals surface area (Å²) >= 11 is 1.56. The maximum Gasteiger partial charge on any atom is 0.380 e. The van der Waals surface area contributed by atoms with Crippen molar-refractivity contribution < 1.29 is 35.9 Å². The second-order valence-corrected chi connectivity index (χ2v) is 12.0. The van der Waals surface area contributed by atoms with Crippen molar-refractivity contribution >= 4 is 45.9 Å². The van der Waals surface area contributed by atoms with Crippen LogP contribution in [0.5, 0.6) is 0 Å². The van der Waals surface area contributed by atoms with E-state index < -0.39 is 45.5 Å². The Kier molecular flexibility index (Phi) is 7.43. The lowest BCUT2D eigenvalue weighted by atomic mass is 10.0. The summed E-state index contributed by atoms with van der Waals surface area (Å²) in [6.45, 7) is 7.76. The largest absolute Gasteiger partial charge is 0.457 e. The molecule has 0 N–H and O–H groups in total. The Labute approximate surface area is 245 Å². The summed E-state index contributed by atoms with van der Waals surface area (Å²) in [7, 11) is 0. The Morgan fingerprint density at radius 2 is 1.50 bits per heavy atom. The van der Waals surface area contributed by atoms with Gasteiger partial charge in [-0.2, -0.15) is 26.3 Å². The van der Waals surface area contributed by atoms with Gasteiger partial charge in [-0.1, -0.05) is 49.1 Å². The fourth-order valence-corrected chi connectivity index (χ4v) is 6.52. The molecule has 0 atom stereocenters. The summed E-state index contributed by atoms with van der Waals surface area (Å²) in [4.78, 5) is 20.1. The highest BCUT2D eigenvalue weighted by Gasteiger charge is 2.81. The quantitative estimate of drug-likeness (QED) is 0.153. The van der Waals surface area contributed by atoms with Crippen LogP contribution >= 0.6 is 22.7 Å². The lowest BCUT2D eigenvalue weighted by molar-refractivity contribution is -0.254. The van der Waals surface area contributed by atoms with Crippen molar-refractivity contribution in [1.29, 1.82) is 0 Å². The number of esters is 1. The number of ether oxygens (including phenoxy) is 1. The number of aryl methyl sites for hydroxylation is 3. The molecule has 0 spiro atoms. The van der Waals surface area contributed by atoms with Gasteiger partial charge in [0.05, 0.1) is 38.0 Å². The Hall–Kier alpha value is -3.77. The molecule has 12 heteroatoms. The number of nitrogens with zero attached hydrogens (tertiary/aromatic N) is 2. The predicted molar refractivity (Wildman–Crippen MR) is 151 cm³/mol. The van der Waals surface area contributed by atoms with Crippen molar-refractivity contribution in [2.24, 2.45) is 0 Å². The molecule has 0 amide bonds. The highest BCUT2D eigenvalue weighted by molar-refractivity contribution is 7.15. The molecule has 42 heavy (non-hydrogen) atoms. The average molecular weight is 621 g/mol. The van der Waals surface area contributed by atoms with Crippen LogP contribution in [0.25, 0.3) is 27.8 Å². The minimum atomic E-state index is -5.67. The number of alkyl halides is 6. The monoisotopic (exact) mass is 620 g/mol. The molecule has 0 saturated heterocycles. The van der Waals surface area contributed by atoms with Gasteiger partial charge in [0.2, 0.25) is 0 Å². The molecule has 5 rings (SSSR count). The number of aromatic nitrogens is 2. The number of halogens is 6. The van der Waals surface area contributed by atoms with Crippen LogP contribution < -0.4 is 0 Å². The van der Waals surface area contributed by atoms with E-state index in [1.807, 2.05) is 0 Å². The first-order valence-corrected chi connectivity index (χ1v) is 14.1. The van der Waals surface area contributed by atoms with Gasteiger partial charge in [-0.3, -0.25) is 0 Å². The van der Waals surface area contributed by atoms with E-state index in [-0.39, 0.29) is 27.2 Å². The van der Waals surface area contributed by atoms with Crippen molar-refractivity contribution in [3.63, 3.8) is 0 Å². The number of carbonyl (C=O) groups excluding carboxylic acids is 1. The smallest absolute Gasteiger partial charge is 0.380 e. The SMILES string of the molecule is C=Cc1ccc(C(=O)OCc2ccc(-c3nc(C4=C(c5sc(C)nc5C)C(F)(F)C(F)(F)C4(F)F)c(C)s3)cc2)cc1. The Balaban J connectivity index is 1.45. The molecule has 0 bridgehead atoms. The molecule has 2 heterocycles. The fourth-order valence-electron chi connectivity index (χ4n) is 4.59. The number of carbonyl (C=O) groups is 1. The van der Waals surface area contributed by atoms with Crippen molar-refractivity contribution in [2.45, 2.75) is 45.1 Å². The molecule has 1 aliphatic carbocycles. The van der Waals surface area contributed by atoms with Crippen LogP contribution in [0.3, 0.4) is 0 Å². The molecular weight excluding hydrogens is 598 g/mol. The number of hydrogen-bond acceptors (Lipinski definition) is 6. The minimum absolute atomic E-state index is 0.0450. The van der Waals surface area contributed by atoms with E-state index in [2.05, 4.69) is 16.5 Å². The maximum absolute atomic E-state index is 15.2. The first-order chi connectivity index (χ1) is 19.7. The molecule has 2 aromatic carbocycles. The van der Waals surface area contributed by atoms with Gasteiger partial charge in [-0.05, 0) is 44.0 Å². The first kappa shape index (κ1) is 29.7. The van der Waals surface area contributed by atoms with Gasteiger partial charge in [0, 0.05) is 10.4 Å². The minimum Gasteiger partial charge on any atom is -0.457 e. The van der Waals surface area contributed by atoms with Gasteiger partial charge in [0.1, 0.15) is 11.6 Å². The second-order valence-electron chi connectivity index (χ2n) is 9.64. The van der Waals surface area contributed by atoms with E-state index in [4.69, 9.17) is 4.74 Å². The van der Waals surface area contributed by atoms with Gasteiger partial charge in [0.25, 0.3) is 0 Å². The second kappa shape index (κ2) is 10.5. The van der Waals surface area contributed by atoms with Crippen LogP contribution in [0.4, 0.5) is 26.3 Å². The number of hydrogen-bond donors (Lipinski definition) is 0. The summed E-state index contributed by atoms with van der Waals surface area (Å²) in [5, 5.41) is 0.447. The molecule has 0 unspecified atom stereocenters. The van der Waals surface area contributed by atoms with E-state index in [1.54, 1.807) is 54.6 Å². The molecule has 218 valence electrons. The maximum atomic E-state index is 15.2. The summed E-state index contributed by atoms with van der Waals surface area (Å²) in [5.41, 5.74) is -1.33. The number of rotatable bonds is 7. The lowest BCUT2D eigenvalue weighted by Crippen LogP contribution is -2.49. The molecular formula is C30H22F6N2O2S2. The van der Waals surface area contributed by atoms with Crippen molar-refractivity contribution in [3.8, 4) is 10.6 Å². The van der Waals surface area contributed by atoms with E-state index >= 15 is 17.6 Å². The van der Waals surface area contributed by atoms with Crippen LogP contribution in [0.1, 0.15) is 47.6 Å². The zero-order valence-electron chi connectivity index (χ0n) is 22.4. The lowest BCUT2D eigenvalue weighted by Gasteiger charge is -2.25. The van der Waals surface area contributed by atoms with Gasteiger partial charge >= 0.3 is 23.7 Å². The molecule has 2 aromatic heterocycles. The normalized spacial score (nSPS) is 17.0. The van der Waals surface area contributed by atoms with E-state index in [9.17, 15) is 13.6 Å². The standard InChI is InChI=1S/C30H22F6N2O2S2/c1-5-18-6-12-21(13-7-18)27(39)40-14-19-8-10-20(11-9-19)26-38-24(16(3)41-26)22-23(25-15(2)37-17(4)42-25)29(33,34)30(35,36)28(22,31)32/h5-13H,1,14H2,2-4H3. The number of benzene rings is 2. The van der Waals surface area contributed by atoms with Gasteiger partial charge < -0.3 is 4.74 Å². The predicted octanol–water partition coefficient (Wildman–Crippen LogP) is 9.02. The number of allylic oxidation sites excluding steroid dienone is 2. The fraction of sp³-hybridized carbons (Fsp3) is 0.233. The summed E-state index contributed by atoms with van der Waals surface area (Å²) < 4.78 is 95.3. The van der Waals surface area contributed by atoms with Gasteiger partial charge in [-0.25, -0.2) is 14.8 Å². The Morgan fingerprint density at radius 3 is 2.07 bits per heavy atom. The molecule has 0 saturated carbocycles. The molecule has 0 fully saturated rings. The van der Waals surface area contributed by atoms with E-state index in [0.29, 0.717) is 28.0 Å². The zero-order valence-corrected chi connectivity index (χ0v) is 24.0. The van der Waals surface area contributed by atoms with Crippen molar-refractivity contribution in [1.82, 2.24) is 9.97 Å². The summed E-state index contributed by atoms with van der Waals surface area (Å²) in [5.74, 6) is -16.5. The van der Waals surface area contributed by atoms with Crippen LogP contribution in [0.15, 0.2) is 55.1 Å². The molecule has 4 aromatic rings. The van der Waals surface area contributed by atoms with Crippen LogP contribution in [0.2, 0.25) is 0 Å². The van der Waals surface area contributed by atoms with Crippen molar-refractivity contribution in [3.05, 3.63) is 98.0 Å². The molecule has 4 nitrogen and oxygen atoms in total. The topological polar surface area (TPSA) is 52.1 Å². The van der Waals surface area contributed by atoms with Crippen LogP contribution in [-0.4, -0.2) is 33.7 Å². The Bertz CT molecular complexity index is 1720. The third kappa shape index (κ3) is 4.76. The first-order valence-electron chi connectivity index (χ1n) is 12.5. The Morgan fingerprint density at radius 1 is 0.881 bits per heavy atom. The highest BCUT2D eigenvalue weighted by Crippen LogP contribution is 2.65. The third-order valence-corrected chi connectivity index (χ3v) is 8.89. The molecule has 0 radical (unpaired) electrons. The van der Waals surface area contributed by atoms with Crippen LogP contribution in [-0.2, 0) is 11.3 Å². The third-order valence-electron chi connectivity index (χ3n) is 6.78. The summed E-state index contributed by atoms with van der Waals surface area (Å²) in [6, 6.07) is 13.1. The van der Waals surface area contributed by atoms with E-state index in [0.717, 1.165) is 16.9 Å². The average Bonchev–Trinajstić information content (AvgIpc) is 3.52.